The highest BCUT2D eigenvalue weighted by molar-refractivity contribution is 7.98. The van der Waals surface area contributed by atoms with Crippen LogP contribution in [-0.2, 0) is 12.3 Å². The van der Waals surface area contributed by atoms with Gasteiger partial charge < -0.3 is 0 Å². The van der Waals surface area contributed by atoms with Crippen molar-refractivity contribution in [3.63, 3.8) is 0 Å². The first-order valence-electron chi connectivity index (χ1n) is 6.93. The SMILES string of the molecule is N#CCn1c(CSc2ccccc2F)nc2ccccc2c1=O. The first-order valence-corrected chi connectivity index (χ1v) is 7.92. The van der Waals surface area contributed by atoms with Gasteiger partial charge in [-0.3, -0.25) is 9.36 Å². The molecule has 0 saturated carbocycles. The highest BCUT2D eigenvalue weighted by Crippen LogP contribution is 2.24. The molecule has 0 saturated heterocycles. The molecule has 1 heterocycles. The van der Waals surface area contributed by atoms with E-state index in [1.807, 2.05) is 6.07 Å². The minimum Gasteiger partial charge on any atom is -0.281 e. The fourth-order valence-electron chi connectivity index (χ4n) is 2.26. The molecule has 0 aliphatic heterocycles. The number of aromatic nitrogens is 2. The van der Waals surface area contributed by atoms with Crippen molar-refractivity contribution >= 4 is 22.7 Å². The predicted octanol–water partition coefficient (Wildman–Crippen LogP) is 3.35. The van der Waals surface area contributed by atoms with E-state index in [4.69, 9.17) is 5.26 Å². The average molecular weight is 325 g/mol. The first-order chi connectivity index (χ1) is 11.2. The monoisotopic (exact) mass is 325 g/mol. The fourth-order valence-corrected chi connectivity index (χ4v) is 3.15. The molecule has 0 bridgehead atoms. The van der Waals surface area contributed by atoms with E-state index >= 15 is 0 Å². The van der Waals surface area contributed by atoms with Crippen LogP contribution in [0.2, 0.25) is 0 Å². The van der Waals surface area contributed by atoms with Crippen molar-refractivity contribution in [3.8, 4) is 6.07 Å². The Bertz CT molecular complexity index is 962. The Labute approximate surface area is 136 Å². The zero-order chi connectivity index (χ0) is 16.2. The van der Waals surface area contributed by atoms with Crippen LogP contribution in [-0.4, -0.2) is 9.55 Å². The van der Waals surface area contributed by atoms with E-state index in [0.29, 0.717) is 27.4 Å². The van der Waals surface area contributed by atoms with Crippen LogP contribution < -0.4 is 5.56 Å². The van der Waals surface area contributed by atoms with Gasteiger partial charge in [-0.1, -0.05) is 24.3 Å². The molecular weight excluding hydrogens is 313 g/mol. The van der Waals surface area contributed by atoms with E-state index in [1.54, 1.807) is 42.5 Å². The van der Waals surface area contributed by atoms with Crippen molar-refractivity contribution < 1.29 is 4.39 Å². The van der Waals surface area contributed by atoms with Crippen molar-refractivity contribution in [1.82, 2.24) is 9.55 Å². The molecule has 0 fully saturated rings. The molecule has 0 N–H and O–H groups in total. The van der Waals surface area contributed by atoms with E-state index in [9.17, 15) is 9.18 Å². The van der Waals surface area contributed by atoms with Crippen LogP contribution in [0.5, 0.6) is 0 Å². The Morgan fingerprint density at radius 2 is 1.91 bits per heavy atom. The number of hydrogen-bond acceptors (Lipinski definition) is 4. The number of nitriles is 1. The lowest BCUT2D eigenvalue weighted by atomic mass is 10.2. The number of rotatable bonds is 4. The minimum atomic E-state index is -0.313. The van der Waals surface area contributed by atoms with Crippen LogP contribution in [0.4, 0.5) is 4.39 Å². The molecule has 2 aromatic carbocycles. The van der Waals surface area contributed by atoms with Gasteiger partial charge in [-0.05, 0) is 24.3 Å². The standard InChI is InChI=1S/C17H12FN3OS/c18-13-6-2-4-8-15(13)23-11-16-20-14-7-3-1-5-12(14)17(22)21(16)10-9-19/h1-8H,10-11H2. The summed E-state index contributed by atoms with van der Waals surface area (Å²) in [5.74, 6) is 0.457. The van der Waals surface area contributed by atoms with Crippen LogP contribution in [0.25, 0.3) is 10.9 Å². The van der Waals surface area contributed by atoms with Crippen molar-refractivity contribution in [3.05, 3.63) is 70.5 Å². The highest BCUT2D eigenvalue weighted by Gasteiger charge is 2.12. The van der Waals surface area contributed by atoms with Gasteiger partial charge in [0.1, 0.15) is 18.2 Å². The third kappa shape index (κ3) is 3.10. The third-order valence-corrected chi connectivity index (χ3v) is 4.41. The van der Waals surface area contributed by atoms with Crippen molar-refractivity contribution in [2.24, 2.45) is 0 Å². The number of thioether (sulfide) groups is 1. The number of fused-ring (bicyclic) bond motifs is 1. The lowest BCUT2D eigenvalue weighted by Gasteiger charge is -2.10. The number of benzene rings is 2. The lowest BCUT2D eigenvalue weighted by molar-refractivity contribution is 0.602. The second kappa shape index (κ2) is 6.63. The molecule has 0 aliphatic rings. The summed E-state index contributed by atoms with van der Waals surface area (Å²) >= 11 is 1.25. The van der Waals surface area contributed by atoms with E-state index < -0.39 is 0 Å². The molecule has 0 amide bonds. The summed E-state index contributed by atoms with van der Waals surface area (Å²) in [4.78, 5) is 17.5. The predicted molar refractivity (Wildman–Crippen MR) is 87.6 cm³/mol. The quantitative estimate of drug-likeness (QED) is 0.690. The highest BCUT2D eigenvalue weighted by atomic mass is 32.2. The maximum atomic E-state index is 13.7. The van der Waals surface area contributed by atoms with E-state index in [2.05, 4.69) is 4.98 Å². The van der Waals surface area contributed by atoms with Crippen LogP contribution in [0.1, 0.15) is 5.82 Å². The molecule has 0 spiro atoms. The van der Waals surface area contributed by atoms with Crippen LogP contribution >= 0.6 is 11.8 Å². The molecule has 3 aromatic rings. The molecular formula is C17H12FN3OS. The smallest absolute Gasteiger partial charge is 0.262 e. The summed E-state index contributed by atoms with van der Waals surface area (Å²) < 4.78 is 15.1. The lowest BCUT2D eigenvalue weighted by Crippen LogP contribution is -2.24. The van der Waals surface area contributed by atoms with Gasteiger partial charge in [0.05, 0.1) is 22.7 Å². The summed E-state index contributed by atoms with van der Waals surface area (Å²) in [7, 11) is 0. The van der Waals surface area contributed by atoms with E-state index in [1.165, 1.54) is 22.4 Å². The zero-order valence-corrected chi connectivity index (χ0v) is 12.9. The van der Waals surface area contributed by atoms with Gasteiger partial charge in [-0.2, -0.15) is 5.26 Å². The molecule has 0 aliphatic carbocycles. The fraction of sp³-hybridized carbons (Fsp3) is 0.118. The third-order valence-electron chi connectivity index (χ3n) is 3.36. The van der Waals surface area contributed by atoms with Gasteiger partial charge in [-0.25, -0.2) is 9.37 Å². The molecule has 6 heteroatoms. The van der Waals surface area contributed by atoms with E-state index in [-0.39, 0.29) is 17.9 Å². The van der Waals surface area contributed by atoms with Gasteiger partial charge in [0.25, 0.3) is 5.56 Å². The second-order valence-corrected chi connectivity index (χ2v) is 5.83. The molecule has 0 atom stereocenters. The molecule has 23 heavy (non-hydrogen) atoms. The Morgan fingerprint density at radius 1 is 1.17 bits per heavy atom. The number of hydrogen-bond donors (Lipinski definition) is 0. The Hall–Kier alpha value is -2.65. The van der Waals surface area contributed by atoms with Crippen molar-refractivity contribution in [2.75, 3.05) is 0 Å². The Kier molecular flexibility index (Phi) is 4.40. The molecule has 4 nitrogen and oxygen atoms in total. The molecule has 1 aromatic heterocycles. The maximum absolute atomic E-state index is 13.7. The molecule has 0 unspecified atom stereocenters. The van der Waals surface area contributed by atoms with Gasteiger partial charge in [0, 0.05) is 4.90 Å². The molecule has 3 rings (SSSR count). The van der Waals surface area contributed by atoms with Crippen molar-refractivity contribution in [2.45, 2.75) is 17.2 Å². The van der Waals surface area contributed by atoms with Crippen LogP contribution in [0.15, 0.2) is 58.2 Å². The Balaban J connectivity index is 2.02. The average Bonchev–Trinajstić information content (AvgIpc) is 2.57. The summed E-state index contributed by atoms with van der Waals surface area (Å²) in [5, 5.41) is 9.44. The topological polar surface area (TPSA) is 58.7 Å². The number of nitrogens with zero attached hydrogens (tertiary/aromatic N) is 3. The largest absolute Gasteiger partial charge is 0.281 e. The van der Waals surface area contributed by atoms with Gasteiger partial charge in [-0.15, -0.1) is 11.8 Å². The van der Waals surface area contributed by atoms with Crippen molar-refractivity contribution in [1.29, 1.82) is 5.26 Å². The van der Waals surface area contributed by atoms with Gasteiger partial charge >= 0.3 is 0 Å². The van der Waals surface area contributed by atoms with Gasteiger partial charge in [0.2, 0.25) is 0 Å². The summed E-state index contributed by atoms with van der Waals surface area (Å²) in [6.45, 7) is -0.0795. The molecule has 114 valence electrons. The first kappa shape index (κ1) is 15.3. The van der Waals surface area contributed by atoms with Crippen LogP contribution in [0, 0.1) is 17.1 Å². The van der Waals surface area contributed by atoms with Crippen LogP contribution in [0.3, 0.4) is 0 Å². The summed E-state index contributed by atoms with van der Waals surface area (Å²) in [6, 6.07) is 15.4. The summed E-state index contributed by atoms with van der Waals surface area (Å²) in [5.41, 5.74) is 0.331. The number of halogens is 1. The maximum Gasteiger partial charge on any atom is 0.262 e. The van der Waals surface area contributed by atoms with E-state index in [0.717, 1.165) is 0 Å². The Morgan fingerprint density at radius 3 is 2.70 bits per heavy atom. The van der Waals surface area contributed by atoms with Gasteiger partial charge in [0.15, 0.2) is 0 Å². The molecule has 0 radical (unpaired) electrons. The minimum absolute atomic E-state index is 0.0795. The second-order valence-electron chi connectivity index (χ2n) is 4.81. The number of para-hydroxylation sites is 1. The normalized spacial score (nSPS) is 10.6. The zero-order valence-electron chi connectivity index (χ0n) is 12.1. The summed E-state index contributed by atoms with van der Waals surface area (Å²) in [6.07, 6.45) is 0.